The van der Waals surface area contributed by atoms with Crippen LogP contribution in [-0.4, -0.2) is 23.3 Å². The van der Waals surface area contributed by atoms with Crippen LogP contribution >= 0.6 is 12.4 Å². The van der Waals surface area contributed by atoms with E-state index in [1.807, 2.05) is 4.57 Å². The van der Waals surface area contributed by atoms with Crippen LogP contribution in [0.3, 0.4) is 0 Å². The first kappa shape index (κ1) is 11.4. The molecule has 4 nitrogen and oxygen atoms in total. The Kier molecular flexibility index (Phi) is 5.70. The molecule has 0 aliphatic carbocycles. The molecule has 0 fully saturated rings. The van der Waals surface area contributed by atoms with Crippen LogP contribution in [-0.2, 0) is 17.8 Å². The predicted octanol–water partition coefficient (Wildman–Crippen LogP) is 0.410. The lowest BCUT2D eigenvalue weighted by Gasteiger charge is -2.04. The fourth-order valence-electron chi connectivity index (χ4n) is 0.909. The Morgan fingerprint density at radius 1 is 1.67 bits per heavy atom. The zero-order chi connectivity index (χ0) is 8.10. The van der Waals surface area contributed by atoms with Gasteiger partial charge in [0.2, 0.25) is 0 Å². The van der Waals surface area contributed by atoms with Gasteiger partial charge in [-0.1, -0.05) is 0 Å². The van der Waals surface area contributed by atoms with Gasteiger partial charge in [-0.15, -0.1) is 12.4 Å². The van der Waals surface area contributed by atoms with E-state index in [-0.39, 0.29) is 12.4 Å². The van der Waals surface area contributed by atoms with E-state index < -0.39 is 0 Å². The van der Waals surface area contributed by atoms with Gasteiger partial charge >= 0.3 is 0 Å². The second-order valence-electron chi connectivity index (χ2n) is 2.28. The van der Waals surface area contributed by atoms with Gasteiger partial charge in [-0.2, -0.15) is 0 Å². The van der Waals surface area contributed by atoms with Crippen molar-refractivity contribution < 1.29 is 4.74 Å². The molecule has 0 saturated carbocycles. The predicted molar refractivity (Wildman–Crippen MR) is 49.2 cm³/mol. The molecule has 0 aromatic carbocycles. The van der Waals surface area contributed by atoms with Crippen molar-refractivity contribution in [3.63, 3.8) is 0 Å². The van der Waals surface area contributed by atoms with Crippen LogP contribution < -0.4 is 5.73 Å². The smallest absolute Gasteiger partial charge is 0.0949 e. The number of hydrogen-bond donors (Lipinski definition) is 1. The van der Waals surface area contributed by atoms with E-state index >= 15 is 0 Å². The van der Waals surface area contributed by atoms with Crippen LogP contribution in [0.4, 0.5) is 0 Å². The summed E-state index contributed by atoms with van der Waals surface area (Å²) in [4.78, 5) is 3.97. The van der Waals surface area contributed by atoms with Gasteiger partial charge in [0.05, 0.1) is 18.6 Å². The minimum absolute atomic E-state index is 0. The molecule has 0 radical (unpaired) electrons. The van der Waals surface area contributed by atoms with Crippen molar-refractivity contribution in [1.82, 2.24) is 9.55 Å². The summed E-state index contributed by atoms with van der Waals surface area (Å²) < 4.78 is 6.91. The molecular formula is C7H14ClN3O. The first-order valence-corrected chi connectivity index (χ1v) is 3.56. The summed E-state index contributed by atoms with van der Waals surface area (Å²) in [5.74, 6) is 0. The highest BCUT2D eigenvalue weighted by Crippen LogP contribution is 1.96. The number of imidazole rings is 1. The molecular weight excluding hydrogens is 178 g/mol. The van der Waals surface area contributed by atoms with Crippen LogP contribution in [0.15, 0.2) is 12.5 Å². The molecule has 1 heterocycles. The van der Waals surface area contributed by atoms with Gasteiger partial charge in [0.25, 0.3) is 0 Å². The summed E-state index contributed by atoms with van der Waals surface area (Å²) in [6, 6.07) is 0. The first-order chi connectivity index (χ1) is 5.38. The molecule has 0 saturated heterocycles. The number of rotatable bonds is 4. The lowest BCUT2D eigenvalue weighted by atomic mass is 10.4. The van der Waals surface area contributed by atoms with Gasteiger partial charge in [-0.25, -0.2) is 4.98 Å². The average molecular weight is 192 g/mol. The number of ether oxygens (including phenoxy) is 1. The minimum Gasteiger partial charge on any atom is -0.383 e. The third-order valence-electron chi connectivity index (χ3n) is 1.54. The number of nitrogens with zero attached hydrogens (tertiary/aromatic N) is 2. The van der Waals surface area contributed by atoms with Gasteiger partial charge in [0.15, 0.2) is 0 Å². The molecule has 1 aromatic heterocycles. The van der Waals surface area contributed by atoms with Crippen molar-refractivity contribution in [3.05, 3.63) is 18.2 Å². The van der Waals surface area contributed by atoms with E-state index in [1.165, 1.54) is 0 Å². The third kappa shape index (κ3) is 2.81. The Balaban J connectivity index is 0.00000121. The highest BCUT2D eigenvalue weighted by Gasteiger charge is 1.97. The highest BCUT2D eigenvalue weighted by molar-refractivity contribution is 5.85. The topological polar surface area (TPSA) is 53.1 Å². The lowest BCUT2D eigenvalue weighted by molar-refractivity contribution is 0.186. The quantitative estimate of drug-likeness (QED) is 0.750. The third-order valence-corrected chi connectivity index (χ3v) is 1.54. The van der Waals surface area contributed by atoms with E-state index in [9.17, 15) is 0 Å². The molecule has 0 atom stereocenters. The summed E-state index contributed by atoms with van der Waals surface area (Å²) in [7, 11) is 1.68. The molecule has 0 unspecified atom stereocenters. The van der Waals surface area contributed by atoms with Crippen LogP contribution in [0.2, 0.25) is 0 Å². The fourth-order valence-corrected chi connectivity index (χ4v) is 0.909. The van der Waals surface area contributed by atoms with Gasteiger partial charge in [-0.3, -0.25) is 0 Å². The molecule has 1 aromatic rings. The van der Waals surface area contributed by atoms with Crippen molar-refractivity contribution in [3.8, 4) is 0 Å². The molecule has 0 aliphatic heterocycles. The second-order valence-corrected chi connectivity index (χ2v) is 2.28. The Morgan fingerprint density at radius 3 is 3.00 bits per heavy atom. The Labute approximate surface area is 78.1 Å². The Bertz CT molecular complexity index is 214. The zero-order valence-electron chi connectivity index (χ0n) is 7.06. The van der Waals surface area contributed by atoms with Crippen molar-refractivity contribution in [1.29, 1.82) is 0 Å². The molecule has 0 amide bonds. The number of aromatic nitrogens is 2. The number of hydrogen-bond acceptors (Lipinski definition) is 3. The van der Waals surface area contributed by atoms with Crippen molar-refractivity contribution in [2.24, 2.45) is 5.73 Å². The molecule has 70 valence electrons. The zero-order valence-corrected chi connectivity index (χ0v) is 7.88. The van der Waals surface area contributed by atoms with Crippen LogP contribution in [0.5, 0.6) is 0 Å². The Hall–Kier alpha value is -0.580. The number of halogens is 1. The van der Waals surface area contributed by atoms with E-state index in [0.717, 1.165) is 12.2 Å². The number of methoxy groups -OCH3 is 1. The first-order valence-electron chi connectivity index (χ1n) is 3.56. The minimum atomic E-state index is 0. The molecule has 0 aliphatic rings. The maximum atomic E-state index is 5.47. The molecule has 5 heteroatoms. The summed E-state index contributed by atoms with van der Waals surface area (Å²) in [6.45, 7) is 2.05. The Morgan fingerprint density at radius 2 is 2.42 bits per heavy atom. The number of nitrogens with two attached hydrogens (primary N) is 1. The monoisotopic (exact) mass is 191 g/mol. The van der Waals surface area contributed by atoms with Gasteiger partial charge in [0, 0.05) is 26.4 Å². The summed E-state index contributed by atoms with van der Waals surface area (Å²) >= 11 is 0. The second kappa shape index (κ2) is 5.99. The van der Waals surface area contributed by atoms with Crippen LogP contribution in [0.1, 0.15) is 5.69 Å². The van der Waals surface area contributed by atoms with Crippen LogP contribution in [0.25, 0.3) is 0 Å². The van der Waals surface area contributed by atoms with E-state index in [1.54, 1.807) is 19.6 Å². The molecule has 0 spiro atoms. The largest absolute Gasteiger partial charge is 0.383 e. The molecule has 2 N–H and O–H groups in total. The highest BCUT2D eigenvalue weighted by atomic mass is 35.5. The maximum Gasteiger partial charge on any atom is 0.0949 e. The molecule has 12 heavy (non-hydrogen) atoms. The van der Waals surface area contributed by atoms with Crippen LogP contribution in [0, 0.1) is 0 Å². The summed E-state index contributed by atoms with van der Waals surface area (Å²) in [5, 5.41) is 0. The van der Waals surface area contributed by atoms with Crippen molar-refractivity contribution in [2.45, 2.75) is 13.1 Å². The van der Waals surface area contributed by atoms with Gasteiger partial charge in [-0.05, 0) is 0 Å². The fraction of sp³-hybridized carbons (Fsp3) is 0.571. The van der Waals surface area contributed by atoms with Crippen molar-refractivity contribution >= 4 is 12.4 Å². The van der Waals surface area contributed by atoms with E-state index in [4.69, 9.17) is 10.5 Å². The summed E-state index contributed by atoms with van der Waals surface area (Å²) in [6.07, 6.45) is 3.54. The molecule has 1 rings (SSSR count). The normalized spacial score (nSPS) is 9.50. The van der Waals surface area contributed by atoms with Crippen molar-refractivity contribution in [2.75, 3.05) is 13.7 Å². The van der Waals surface area contributed by atoms with E-state index in [2.05, 4.69) is 4.98 Å². The van der Waals surface area contributed by atoms with E-state index in [0.29, 0.717) is 13.2 Å². The average Bonchev–Trinajstić information content (AvgIpc) is 2.47. The summed E-state index contributed by atoms with van der Waals surface area (Å²) in [5.41, 5.74) is 6.51. The maximum absolute atomic E-state index is 5.47. The van der Waals surface area contributed by atoms with Gasteiger partial charge in [0.1, 0.15) is 0 Å². The SMILES string of the molecule is COCCn1cncc1CN.Cl. The van der Waals surface area contributed by atoms with Gasteiger partial charge < -0.3 is 15.0 Å². The standard InChI is InChI=1S/C7H13N3O.ClH/c1-11-3-2-10-6-9-5-7(10)4-8;/h5-6H,2-4,8H2,1H3;1H. The lowest BCUT2D eigenvalue weighted by Crippen LogP contribution is -2.09. The molecule has 0 bridgehead atoms.